The highest BCUT2D eigenvalue weighted by atomic mass is 16.2. The van der Waals surface area contributed by atoms with Crippen LogP contribution in [-0.4, -0.2) is 30.4 Å². The number of hydrogen-bond acceptors (Lipinski definition) is 3. The summed E-state index contributed by atoms with van der Waals surface area (Å²) >= 11 is 0. The average Bonchev–Trinajstić information content (AvgIpc) is 2.38. The molecule has 0 aliphatic carbocycles. The molecule has 0 heterocycles. The SMILES string of the molecule is Cc1ccccc1CNC(=O)N(C=O)CCCN. The van der Waals surface area contributed by atoms with Crippen LogP contribution in [0.3, 0.4) is 0 Å². The molecule has 3 N–H and O–H groups in total. The number of benzene rings is 1. The molecule has 0 radical (unpaired) electrons. The van der Waals surface area contributed by atoms with Crippen molar-refractivity contribution in [1.29, 1.82) is 0 Å². The molecule has 1 rings (SSSR count). The molecule has 0 fully saturated rings. The van der Waals surface area contributed by atoms with Gasteiger partial charge in [-0.2, -0.15) is 0 Å². The van der Waals surface area contributed by atoms with Crippen molar-refractivity contribution in [3.8, 4) is 0 Å². The first kappa shape index (κ1) is 14.2. The largest absolute Gasteiger partial charge is 0.334 e. The molecule has 0 bridgehead atoms. The molecule has 0 aliphatic heterocycles. The Hall–Kier alpha value is -1.88. The summed E-state index contributed by atoms with van der Waals surface area (Å²) in [5.41, 5.74) is 7.49. The number of nitrogens with two attached hydrogens (primary N) is 1. The lowest BCUT2D eigenvalue weighted by Crippen LogP contribution is -2.39. The summed E-state index contributed by atoms with van der Waals surface area (Å²) in [7, 11) is 0. The summed E-state index contributed by atoms with van der Waals surface area (Å²) < 4.78 is 0. The zero-order chi connectivity index (χ0) is 13.4. The number of hydrogen-bond donors (Lipinski definition) is 2. The van der Waals surface area contributed by atoms with Crippen LogP contribution < -0.4 is 11.1 Å². The Morgan fingerprint density at radius 1 is 1.44 bits per heavy atom. The molecule has 5 nitrogen and oxygen atoms in total. The van der Waals surface area contributed by atoms with E-state index < -0.39 is 0 Å². The lowest BCUT2D eigenvalue weighted by atomic mass is 10.1. The van der Waals surface area contributed by atoms with Crippen LogP contribution in [0.5, 0.6) is 0 Å². The lowest BCUT2D eigenvalue weighted by Gasteiger charge is -2.16. The molecule has 0 aliphatic rings. The number of imide groups is 1. The fraction of sp³-hybridized carbons (Fsp3) is 0.385. The van der Waals surface area contributed by atoms with E-state index in [0.29, 0.717) is 32.5 Å². The highest BCUT2D eigenvalue weighted by molar-refractivity contribution is 5.84. The second kappa shape index (κ2) is 7.45. The molecule has 0 spiro atoms. The highest BCUT2D eigenvalue weighted by Crippen LogP contribution is 2.06. The summed E-state index contributed by atoms with van der Waals surface area (Å²) in [5.74, 6) is 0. The Bertz CT molecular complexity index is 407. The third-order valence-corrected chi connectivity index (χ3v) is 2.68. The number of carbonyl (C=O) groups excluding carboxylic acids is 2. The third-order valence-electron chi connectivity index (χ3n) is 2.68. The molecular weight excluding hydrogens is 230 g/mol. The fourth-order valence-electron chi connectivity index (χ4n) is 1.54. The number of aryl methyl sites for hydroxylation is 1. The molecule has 0 aromatic heterocycles. The second-order valence-electron chi connectivity index (χ2n) is 4.03. The van der Waals surface area contributed by atoms with E-state index >= 15 is 0 Å². The van der Waals surface area contributed by atoms with E-state index in [-0.39, 0.29) is 6.03 Å². The van der Waals surface area contributed by atoms with Crippen LogP contribution in [-0.2, 0) is 11.3 Å². The molecule has 3 amide bonds. The Morgan fingerprint density at radius 2 is 2.17 bits per heavy atom. The smallest absolute Gasteiger partial charge is 0.324 e. The van der Waals surface area contributed by atoms with E-state index in [1.165, 1.54) is 0 Å². The van der Waals surface area contributed by atoms with Crippen molar-refractivity contribution in [2.75, 3.05) is 13.1 Å². The first-order chi connectivity index (χ1) is 8.69. The van der Waals surface area contributed by atoms with Crippen LogP contribution >= 0.6 is 0 Å². The van der Waals surface area contributed by atoms with E-state index in [0.717, 1.165) is 16.0 Å². The van der Waals surface area contributed by atoms with E-state index in [4.69, 9.17) is 5.73 Å². The summed E-state index contributed by atoms with van der Waals surface area (Å²) in [5, 5.41) is 2.71. The van der Waals surface area contributed by atoms with E-state index in [1.807, 2.05) is 31.2 Å². The maximum absolute atomic E-state index is 11.7. The Morgan fingerprint density at radius 3 is 2.78 bits per heavy atom. The zero-order valence-corrected chi connectivity index (χ0v) is 10.6. The topological polar surface area (TPSA) is 75.4 Å². The first-order valence-corrected chi connectivity index (χ1v) is 5.93. The maximum atomic E-state index is 11.7. The van der Waals surface area contributed by atoms with Gasteiger partial charge in [0.2, 0.25) is 6.41 Å². The molecule has 0 saturated carbocycles. The Balaban J connectivity index is 2.49. The lowest BCUT2D eigenvalue weighted by molar-refractivity contribution is -0.115. The van der Waals surface area contributed by atoms with Gasteiger partial charge in [-0.25, -0.2) is 4.79 Å². The number of nitrogens with one attached hydrogen (secondary N) is 1. The van der Waals surface area contributed by atoms with Gasteiger partial charge in [-0.1, -0.05) is 24.3 Å². The summed E-state index contributed by atoms with van der Waals surface area (Å²) in [6, 6.07) is 7.40. The highest BCUT2D eigenvalue weighted by Gasteiger charge is 2.11. The van der Waals surface area contributed by atoms with Crippen LogP contribution in [0.25, 0.3) is 0 Å². The maximum Gasteiger partial charge on any atom is 0.324 e. The van der Waals surface area contributed by atoms with Gasteiger partial charge in [0.15, 0.2) is 0 Å². The molecule has 1 aromatic carbocycles. The van der Waals surface area contributed by atoms with Gasteiger partial charge in [-0.15, -0.1) is 0 Å². The minimum atomic E-state index is -0.387. The molecule has 5 heteroatoms. The normalized spacial score (nSPS) is 9.89. The van der Waals surface area contributed by atoms with Gasteiger partial charge in [-0.05, 0) is 31.0 Å². The average molecular weight is 249 g/mol. The zero-order valence-electron chi connectivity index (χ0n) is 10.6. The predicted octanol–water partition coefficient (Wildman–Crippen LogP) is 1.01. The fourth-order valence-corrected chi connectivity index (χ4v) is 1.54. The monoisotopic (exact) mass is 249 g/mol. The van der Waals surface area contributed by atoms with E-state index in [9.17, 15) is 9.59 Å². The molecule has 98 valence electrons. The van der Waals surface area contributed by atoms with Gasteiger partial charge in [0.05, 0.1) is 0 Å². The van der Waals surface area contributed by atoms with Crippen molar-refractivity contribution >= 4 is 12.4 Å². The van der Waals surface area contributed by atoms with E-state index in [2.05, 4.69) is 5.32 Å². The molecule has 18 heavy (non-hydrogen) atoms. The molecule has 0 saturated heterocycles. The van der Waals surface area contributed by atoms with Gasteiger partial charge < -0.3 is 11.1 Å². The Labute approximate surface area is 107 Å². The summed E-state index contributed by atoms with van der Waals surface area (Å²) in [6.45, 7) is 3.20. The number of carbonyl (C=O) groups is 2. The van der Waals surface area contributed by atoms with Crippen molar-refractivity contribution in [2.24, 2.45) is 5.73 Å². The molecular formula is C13H19N3O2. The van der Waals surface area contributed by atoms with Gasteiger partial charge in [0.25, 0.3) is 0 Å². The van der Waals surface area contributed by atoms with Crippen molar-refractivity contribution in [3.63, 3.8) is 0 Å². The van der Waals surface area contributed by atoms with Crippen molar-refractivity contribution in [3.05, 3.63) is 35.4 Å². The number of rotatable bonds is 6. The van der Waals surface area contributed by atoms with Crippen molar-refractivity contribution in [1.82, 2.24) is 10.2 Å². The molecule has 1 aromatic rings. The van der Waals surface area contributed by atoms with Crippen LogP contribution in [0, 0.1) is 6.92 Å². The van der Waals surface area contributed by atoms with Crippen LogP contribution in [0.4, 0.5) is 4.79 Å². The van der Waals surface area contributed by atoms with Crippen LogP contribution in [0.2, 0.25) is 0 Å². The first-order valence-electron chi connectivity index (χ1n) is 5.93. The third kappa shape index (κ3) is 4.18. The van der Waals surface area contributed by atoms with Gasteiger partial charge in [-0.3, -0.25) is 9.69 Å². The minimum absolute atomic E-state index is 0.347. The van der Waals surface area contributed by atoms with Crippen molar-refractivity contribution in [2.45, 2.75) is 19.9 Å². The van der Waals surface area contributed by atoms with Crippen molar-refractivity contribution < 1.29 is 9.59 Å². The quantitative estimate of drug-likeness (QED) is 0.739. The predicted molar refractivity (Wildman–Crippen MR) is 69.9 cm³/mol. The van der Waals surface area contributed by atoms with Crippen LogP contribution in [0.1, 0.15) is 17.5 Å². The number of nitrogens with zero attached hydrogens (tertiary/aromatic N) is 1. The molecule has 0 unspecified atom stereocenters. The van der Waals surface area contributed by atoms with E-state index in [1.54, 1.807) is 0 Å². The summed E-state index contributed by atoms with van der Waals surface area (Å²) in [6.07, 6.45) is 1.14. The van der Waals surface area contributed by atoms with Crippen LogP contribution in [0.15, 0.2) is 24.3 Å². The number of urea groups is 1. The standard InChI is InChI=1S/C13H19N3O2/c1-11-5-2-3-6-12(11)9-15-13(18)16(10-17)8-4-7-14/h2-3,5-6,10H,4,7-9,14H2,1H3,(H,15,18). The van der Waals surface area contributed by atoms with Gasteiger partial charge in [0.1, 0.15) is 0 Å². The van der Waals surface area contributed by atoms with Gasteiger partial charge in [0, 0.05) is 13.1 Å². The number of amides is 3. The second-order valence-corrected chi connectivity index (χ2v) is 4.03. The summed E-state index contributed by atoms with van der Waals surface area (Å²) in [4.78, 5) is 23.6. The molecule has 0 atom stereocenters. The Kier molecular flexibility index (Phi) is 5.87. The van der Waals surface area contributed by atoms with Gasteiger partial charge >= 0.3 is 6.03 Å². The minimum Gasteiger partial charge on any atom is -0.334 e.